The standard InChI is InChI=1S/C6H12O5.3C2H4O2.BrH/c7-2-1-4(9)6(11)5(10)3-8;3*1-2(3)4;/h2,4-6,8-11H,1,3H2;3*1H3,(H,3,4);1H/t4-,5-,6+;;;;/m1..../s1. The van der Waals surface area contributed by atoms with Gasteiger partial charge in [0.25, 0.3) is 17.9 Å². The zero-order valence-corrected chi connectivity index (χ0v) is 15.1. The van der Waals surface area contributed by atoms with Gasteiger partial charge in [0, 0.05) is 27.2 Å². The molecule has 24 heavy (non-hydrogen) atoms. The summed E-state index contributed by atoms with van der Waals surface area (Å²) in [7, 11) is 0. The zero-order valence-electron chi connectivity index (χ0n) is 13.4. The molecule has 0 saturated heterocycles. The molecule has 7 N–H and O–H groups in total. The largest absolute Gasteiger partial charge is 0.481 e. The van der Waals surface area contributed by atoms with E-state index in [0.717, 1.165) is 20.8 Å². The Bertz CT molecular complexity index is 294. The predicted molar refractivity (Wildman–Crippen MR) is 86.0 cm³/mol. The molecule has 0 heterocycles. The van der Waals surface area contributed by atoms with Gasteiger partial charge in [-0.2, -0.15) is 0 Å². The minimum absolute atomic E-state index is 0. The molecule has 11 nitrogen and oxygen atoms in total. The average molecular weight is 425 g/mol. The number of hydrogen-bond donors (Lipinski definition) is 7. The number of rotatable bonds is 5. The highest BCUT2D eigenvalue weighted by Crippen LogP contribution is 2.01. The van der Waals surface area contributed by atoms with E-state index in [1.807, 2.05) is 0 Å². The summed E-state index contributed by atoms with van der Waals surface area (Å²) in [4.78, 5) is 36.8. The van der Waals surface area contributed by atoms with Gasteiger partial charge in [-0.05, 0) is 0 Å². The third kappa shape index (κ3) is 59.1. The minimum Gasteiger partial charge on any atom is -0.481 e. The SMILES string of the molecule is Br.CC(=O)O.CC(=O)O.CC(=O)O.O=CC[C@@H](O)[C@H](O)[C@H](O)CO. The summed E-state index contributed by atoms with van der Waals surface area (Å²) >= 11 is 0. The molecular formula is C12H25BrO11. The van der Waals surface area contributed by atoms with Crippen molar-refractivity contribution in [3.05, 3.63) is 0 Å². The van der Waals surface area contributed by atoms with Gasteiger partial charge in [-0.3, -0.25) is 14.4 Å². The van der Waals surface area contributed by atoms with Crippen molar-refractivity contribution >= 4 is 41.2 Å². The van der Waals surface area contributed by atoms with Crippen LogP contribution in [0, 0.1) is 0 Å². The van der Waals surface area contributed by atoms with Gasteiger partial charge in [0.2, 0.25) is 0 Å². The molecule has 146 valence electrons. The highest BCUT2D eigenvalue weighted by Gasteiger charge is 2.23. The Hall–Kier alpha value is -1.60. The fourth-order valence-corrected chi connectivity index (χ4v) is 0.602. The third-order valence-electron chi connectivity index (χ3n) is 1.31. The van der Waals surface area contributed by atoms with Gasteiger partial charge in [-0.25, -0.2) is 0 Å². The van der Waals surface area contributed by atoms with Crippen LogP contribution in [-0.4, -0.2) is 84.9 Å². The van der Waals surface area contributed by atoms with E-state index in [1.165, 1.54) is 0 Å². The molecule has 0 aliphatic carbocycles. The number of aliphatic hydroxyl groups is 4. The highest BCUT2D eigenvalue weighted by molar-refractivity contribution is 8.93. The van der Waals surface area contributed by atoms with Crippen molar-refractivity contribution in [2.75, 3.05) is 6.61 Å². The molecule has 0 radical (unpaired) electrons. The van der Waals surface area contributed by atoms with E-state index in [9.17, 15) is 4.79 Å². The van der Waals surface area contributed by atoms with Gasteiger partial charge in [-0.1, -0.05) is 0 Å². The molecule has 0 aromatic carbocycles. The van der Waals surface area contributed by atoms with Crippen LogP contribution >= 0.6 is 17.0 Å². The first-order valence-electron chi connectivity index (χ1n) is 6.00. The maximum atomic E-state index is 9.82. The van der Waals surface area contributed by atoms with Crippen LogP contribution in [0.5, 0.6) is 0 Å². The molecule has 0 aliphatic rings. The predicted octanol–water partition coefficient (Wildman–Crippen LogP) is -1.50. The second kappa shape index (κ2) is 23.7. The Kier molecular flexibility index (Phi) is 33.4. The van der Waals surface area contributed by atoms with Crippen LogP contribution in [0.2, 0.25) is 0 Å². The summed E-state index contributed by atoms with van der Waals surface area (Å²) in [6.45, 7) is 2.61. The first-order valence-corrected chi connectivity index (χ1v) is 6.00. The normalized spacial score (nSPS) is 11.8. The van der Waals surface area contributed by atoms with E-state index in [4.69, 9.17) is 50.1 Å². The van der Waals surface area contributed by atoms with E-state index < -0.39 is 42.8 Å². The van der Waals surface area contributed by atoms with Crippen molar-refractivity contribution in [1.29, 1.82) is 0 Å². The van der Waals surface area contributed by atoms with Gasteiger partial charge in [-0.15, -0.1) is 17.0 Å². The van der Waals surface area contributed by atoms with Crippen molar-refractivity contribution < 1.29 is 54.9 Å². The molecule has 0 spiro atoms. The van der Waals surface area contributed by atoms with E-state index in [0.29, 0.717) is 6.29 Å². The van der Waals surface area contributed by atoms with Crippen LogP contribution in [0.4, 0.5) is 0 Å². The summed E-state index contributed by atoms with van der Waals surface area (Å²) < 4.78 is 0. The number of aliphatic carboxylic acids is 3. The van der Waals surface area contributed by atoms with Crippen LogP contribution in [-0.2, 0) is 19.2 Å². The lowest BCUT2D eigenvalue weighted by Crippen LogP contribution is -2.39. The van der Waals surface area contributed by atoms with Crippen LogP contribution in [0.1, 0.15) is 27.2 Å². The van der Waals surface area contributed by atoms with Crippen LogP contribution in [0.25, 0.3) is 0 Å². The van der Waals surface area contributed by atoms with Crippen LogP contribution < -0.4 is 0 Å². The summed E-state index contributed by atoms with van der Waals surface area (Å²) in [6, 6.07) is 0. The second-order valence-corrected chi connectivity index (χ2v) is 3.77. The van der Waals surface area contributed by atoms with Gasteiger partial charge in [0.05, 0.1) is 12.7 Å². The summed E-state index contributed by atoms with van der Waals surface area (Å²) in [5.41, 5.74) is 0. The van der Waals surface area contributed by atoms with Crippen molar-refractivity contribution in [1.82, 2.24) is 0 Å². The second-order valence-electron chi connectivity index (χ2n) is 3.77. The molecule has 0 rings (SSSR count). The van der Waals surface area contributed by atoms with Crippen LogP contribution in [0.3, 0.4) is 0 Å². The fourth-order valence-electron chi connectivity index (χ4n) is 0.602. The maximum Gasteiger partial charge on any atom is 0.300 e. The van der Waals surface area contributed by atoms with Gasteiger partial charge in [0.15, 0.2) is 0 Å². The molecule has 0 unspecified atom stereocenters. The fraction of sp³-hybridized carbons (Fsp3) is 0.667. The molecule has 0 aliphatic heterocycles. The van der Waals surface area contributed by atoms with Gasteiger partial charge in [0.1, 0.15) is 18.5 Å². The average Bonchev–Trinajstić information content (AvgIpc) is 2.35. The summed E-state index contributed by atoms with van der Waals surface area (Å²) in [5.74, 6) is -2.50. The number of aldehydes is 1. The quantitative estimate of drug-likeness (QED) is 0.252. The number of aliphatic hydroxyl groups excluding tert-OH is 4. The number of carboxylic acid groups (broad SMARTS) is 3. The maximum absolute atomic E-state index is 9.82. The molecule has 0 aromatic heterocycles. The molecule has 0 fully saturated rings. The van der Waals surface area contributed by atoms with Crippen molar-refractivity contribution in [3.8, 4) is 0 Å². The molecule has 0 aromatic rings. The van der Waals surface area contributed by atoms with Gasteiger partial charge < -0.3 is 40.5 Å². The van der Waals surface area contributed by atoms with E-state index in [1.54, 1.807) is 0 Å². The number of carbonyl (C=O) groups is 4. The Balaban J connectivity index is -0.0000000772. The number of carboxylic acids is 3. The molecule has 12 heteroatoms. The van der Waals surface area contributed by atoms with E-state index >= 15 is 0 Å². The lowest BCUT2D eigenvalue weighted by molar-refractivity contribution is -0.135. The van der Waals surface area contributed by atoms with Crippen molar-refractivity contribution in [3.63, 3.8) is 0 Å². The van der Waals surface area contributed by atoms with Crippen molar-refractivity contribution in [2.45, 2.75) is 45.5 Å². The Labute approximate surface area is 148 Å². The molecule has 0 amide bonds. The monoisotopic (exact) mass is 424 g/mol. The first kappa shape index (κ1) is 33.9. The lowest BCUT2D eigenvalue weighted by atomic mass is 10.1. The Morgan fingerprint density at radius 1 is 0.833 bits per heavy atom. The molecule has 3 atom stereocenters. The van der Waals surface area contributed by atoms with E-state index in [2.05, 4.69) is 0 Å². The molecule has 0 bridgehead atoms. The van der Waals surface area contributed by atoms with Crippen LogP contribution in [0.15, 0.2) is 0 Å². The minimum atomic E-state index is -1.47. The topological polar surface area (TPSA) is 210 Å². The molecular weight excluding hydrogens is 400 g/mol. The van der Waals surface area contributed by atoms with Gasteiger partial charge >= 0.3 is 0 Å². The lowest BCUT2D eigenvalue weighted by Gasteiger charge is -2.19. The third-order valence-corrected chi connectivity index (χ3v) is 1.31. The van der Waals surface area contributed by atoms with E-state index in [-0.39, 0.29) is 23.4 Å². The number of carbonyl (C=O) groups excluding carboxylic acids is 1. The Morgan fingerprint density at radius 3 is 1.25 bits per heavy atom. The summed E-state index contributed by atoms with van der Waals surface area (Å²) in [6.07, 6.45) is -4.00. The first-order chi connectivity index (χ1) is 10.3. The Morgan fingerprint density at radius 2 is 1.08 bits per heavy atom. The number of halogens is 1. The number of hydrogen-bond acceptors (Lipinski definition) is 8. The highest BCUT2D eigenvalue weighted by atomic mass is 79.9. The zero-order chi connectivity index (χ0) is 19.6. The molecule has 0 saturated carbocycles. The van der Waals surface area contributed by atoms with Crippen molar-refractivity contribution in [2.24, 2.45) is 0 Å². The smallest absolute Gasteiger partial charge is 0.300 e. The summed E-state index contributed by atoms with van der Waals surface area (Å²) in [5, 5.41) is 57.1.